The monoisotopic (exact) mass is 296 g/mol. The van der Waals surface area contributed by atoms with Gasteiger partial charge in [-0.25, -0.2) is 0 Å². The maximum atomic E-state index is 9.26. The Labute approximate surface area is 120 Å². The summed E-state index contributed by atoms with van der Waals surface area (Å²) in [5.74, 6) is 2.21. The number of halogens is 1. The van der Waals surface area contributed by atoms with Crippen LogP contribution in [0, 0.1) is 0 Å². The standard InChI is InChI=1S/C13H13ClN2O2S/c14-9-2-1-3-11(6-9)19-7-12-15-13(18-16-12)8-4-10(17)5-8/h1-3,6,8,10,17H,4-5,7H2. The Bertz CT molecular complexity index is 569. The first kappa shape index (κ1) is 13.0. The predicted molar refractivity (Wildman–Crippen MR) is 73.3 cm³/mol. The van der Waals surface area contributed by atoms with Crippen molar-refractivity contribution in [2.75, 3.05) is 0 Å². The Morgan fingerprint density at radius 2 is 2.26 bits per heavy atom. The second kappa shape index (κ2) is 5.53. The molecule has 0 bridgehead atoms. The molecule has 0 atom stereocenters. The Morgan fingerprint density at radius 3 is 3.00 bits per heavy atom. The highest BCUT2D eigenvalue weighted by atomic mass is 35.5. The van der Waals surface area contributed by atoms with Gasteiger partial charge in [-0.15, -0.1) is 11.8 Å². The number of rotatable bonds is 4. The number of aliphatic hydroxyl groups is 1. The van der Waals surface area contributed by atoms with E-state index >= 15 is 0 Å². The molecule has 0 saturated heterocycles. The third kappa shape index (κ3) is 3.11. The predicted octanol–water partition coefficient (Wildman–Crippen LogP) is 3.25. The molecule has 0 radical (unpaired) electrons. The van der Waals surface area contributed by atoms with Gasteiger partial charge in [0.25, 0.3) is 0 Å². The minimum Gasteiger partial charge on any atom is -0.393 e. The van der Waals surface area contributed by atoms with Crippen LogP contribution in [0.25, 0.3) is 0 Å². The van der Waals surface area contributed by atoms with Crippen LogP contribution in [0.5, 0.6) is 0 Å². The summed E-state index contributed by atoms with van der Waals surface area (Å²) in [5, 5.41) is 13.9. The van der Waals surface area contributed by atoms with Crippen LogP contribution in [-0.2, 0) is 5.75 Å². The van der Waals surface area contributed by atoms with Crippen molar-refractivity contribution in [2.24, 2.45) is 0 Å². The average Bonchev–Trinajstić information content (AvgIpc) is 2.81. The van der Waals surface area contributed by atoms with E-state index in [9.17, 15) is 5.11 Å². The van der Waals surface area contributed by atoms with Crippen LogP contribution < -0.4 is 0 Å². The van der Waals surface area contributed by atoms with E-state index < -0.39 is 0 Å². The molecule has 1 saturated carbocycles. The molecule has 6 heteroatoms. The molecular formula is C13H13ClN2O2S. The number of thioether (sulfide) groups is 1. The van der Waals surface area contributed by atoms with Crippen LogP contribution in [0.1, 0.15) is 30.5 Å². The first-order valence-electron chi connectivity index (χ1n) is 6.09. The molecule has 1 aliphatic rings. The van der Waals surface area contributed by atoms with Crippen LogP contribution in [0.2, 0.25) is 5.02 Å². The van der Waals surface area contributed by atoms with Gasteiger partial charge in [0.05, 0.1) is 11.9 Å². The van der Waals surface area contributed by atoms with Gasteiger partial charge in [0.15, 0.2) is 5.82 Å². The Morgan fingerprint density at radius 1 is 1.42 bits per heavy atom. The summed E-state index contributed by atoms with van der Waals surface area (Å²) in [4.78, 5) is 5.44. The maximum Gasteiger partial charge on any atom is 0.229 e. The molecule has 0 spiro atoms. The molecule has 1 aromatic carbocycles. The van der Waals surface area contributed by atoms with Gasteiger partial charge in [-0.05, 0) is 31.0 Å². The Kier molecular flexibility index (Phi) is 3.77. The Hall–Kier alpha value is -1.04. The maximum absolute atomic E-state index is 9.26. The summed E-state index contributed by atoms with van der Waals surface area (Å²) in [6, 6.07) is 7.68. The third-order valence-corrected chi connectivity index (χ3v) is 4.34. The zero-order valence-corrected chi connectivity index (χ0v) is 11.7. The SMILES string of the molecule is OC1CC(c2nc(CSc3cccc(Cl)c3)no2)C1. The molecule has 4 nitrogen and oxygen atoms in total. The largest absolute Gasteiger partial charge is 0.393 e. The van der Waals surface area contributed by atoms with E-state index in [4.69, 9.17) is 16.1 Å². The number of hydrogen-bond acceptors (Lipinski definition) is 5. The van der Waals surface area contributed by atoms with Gasteiger partial charge in [-0.2, -0.15) is 4.98 Å². The topological polar surface area (TPSA) is 59.2 Å². The molecule has 19 heavy (non-hydrogen) atoms. The summed E-state index contributed by atoms with van der Waals surface area (Å²) >= 11 is 7.55. The fourth-order valence-electron chi connectivity index (χ4n) is 1.99. The van der Waals surface area contributed by atoms with Gasteiger partial charge in [-0.3, -0.25) is 0 Å². The van der Waals surface area contributed by atoms with E-state index in [2.05, 4.69) is 10.1 Å². The first-order chi connectivity index (χ1) is 9.20. The number of aromatic nitrogens is 2. The quantitative estimate of drug-likeness (QED) is 0.878. The van der Waals surface area contributed by atoms with Gasteiger partial charge >= 0.3 is 0 Å². The molecular weight excluding hydrogens is 284 g/mol. The molecule has 1 N–H and O–H groups in total. The van der Waals surface area contributed by atoms with Crippen molar-refractivity contribution in [2.45, 2.75) is 35.5 Å². The lowest BCUT2D eigenvalue weighted by molar-refractivity contribution is 0.0625. The summed E-state index contributed by atoms with van der Waals surface area (Å²) in [5.41, 5.74) is 0. The van der Waals surface area contributed by atoms with Crippen molar-refractivity contribution in [1.29, 1.82) is 0 Å². The second-order valence-electron chi connectivity index (χ2n) is 4.62. The van der Waals surface area contributed by atoms with Gasteiger partial charge in [-0.1, -0.05) is 22.8 Å². The van der Waals surface area contributed by atoms with Crippen molar-refractivity contribution >= 4 is 23.4 Å². The molecule has 2 aromatic rings. The molecule has 1 aromatic heterocycles. The summed E-state index contributed by atoms with van der Waals surface area (Å²) < 4.78 is 5.22. The molecule has 0 unspecified atom stereocenters. The van der Waals surface area contributed by atoms with Crippen molar-refractivity contribution in [1.82, 2.24) is 10.1 Å². The van der Waals surface area contributed by atoms with E-state index in [0.717, 1.165) is 22.8 Å². The fourth-order valence-corrected chi connectivity index (χ4v) is 3.04. The number of hydrogen-bond donors (Lipinski definition) is 1. The third-order valence-electron chi connectivity index (χ3n) is 3.11. The molecule has 0 aliphatic heterocycles. The van der Waals surface area contributed by atoms with Crippen LogP contribution in [0.4, 0.5) is 0 Å². The molecule has 1 fully saturated rings. The van der Waals surface area contributed by atoms with Gasteiger partial charge in [0.1, 0.15) is 0 Å². The second-order valence-corrected chi connectivity index (χ2v) is 6.10. The lowest BCUT2D eigenvalue weighted by atomic mass is 9.82. The van der Waals surface area contributed by atoms with Gasteiger partial charge in [0, 0.05) is 15.8 Å². The van der Waals surface area contributed by atoms with E-state index in [-0.39, 0.29) is 12.0 Å². The molecule has 1 aliphatic carbocycles. The average molecular weight is 297 g/mol. The van der Waals surface area contributed by atoms with Crippen molar-refractivity contribution in [3.05, 3.63) is 41.0 Å². The van der Waals surface area contributed by atoms with Crippen LogP contribution >= 0.6 is 23.4 Å². The molecule has 0 amide bonds. The number of aliphatic hydroxyl groups excluding tert-OH is 1. The highest BCUT2D eigenvalue weighted by Gasteiger charge is 2.32. The molecule has 3 rings (SSSR count). The normalized spacial score (nSPS) is 22.2. The minimum absolute atomic E-state index is 0.207. The Balaban J connectivity index is 1.58. The summed E-state index contributed by atoms with van der Waals surface area (Å²) in [7, 11) is 0. The minimum atomic E-state index is -0.207. The van der Waals surface area contributed by atoms with Crippen molar-refractivity contribution in [3.8, 4) is 0 Å². The fraction of sp³-hybridized carbons (Fsp3) is 0.385. The molecule has 1 heterocycles. The van der Waals surface area contributed by atoms with Crippen LogP contribution in [0.15, 0.2) is 33.7 Å². The highest BCUT2D eigenvalue weighted by molar-refractivity contribution is 7.98. The van der Waals surface area contributed by atoms with Crippen molar-refractivity contribution in [3.63, 3.8) is 0 Å². The highest BCUT2D eigenvalue weighted by Crippen LogP contribution is 2.36. The van der Waals surface area contributed by atoms with E-state index in [1.165, 1.54) is 0 Å². The number of nitrogens with zero attached hydrogens (tertiary/aromatic N) is 2. The smallest absolute Gasteiger partial charge is 0.229 e. The summed E-state index contributed by atoms with van der Waals surface area (Å²) in [6.07, 6.45) is 1.24. The number of benzene rings is 1. The van der Waals surface area contributed by atoms with E-state index in [1.54, 1.807) is 11.8 Å². The lowest BCUT2D eigenvalue weighted by Crippen LogP contribution is -2.26. The van der Waals surface area contributed by atoms with E-state index in [1.807, 2.05) is 24.3 Å². The first-order valence-corrected chi connectivity index (χ1v) is 7.46. The zero-order chi connectivity index (χ0) is 13.2. The summed E-state index contributed by atoms with van der Waals surface area (Å²) in [6.45, 7) is 0. The van der Waals surface area contributed by atoms with E-state index in [0.29, 0.717) is 17.5 Å². The van der Waals surface area contributed by atoms with Crippen LogP contribution in [-0.4, -0.2) is 21.4 Å². The van der Waals surface area contributed by atoms with Gasteiger partial charge in [0.2, 0.25) is 5.89 Å². The van der Waals surface area contributed by atoms with Crippen LogP contribution in [0.3, 0.4) is 0 Å². The zero-order valence-electron chi connectivity index (χ0n) is 10.1. The van der Waals surface area contributed by atoms with Gasteiger partial charge < -0.3 is 9.63 Å². The lowest BCUT2D eigenvalue weighted by Gasteiger charge is -2.27. The molecule has 100 valence electrons. The van der Waals surface area contributed by atoms with Crippen molar-refractivity contribution < 1.29 is 9.63 Å².